The molecule has 0 spiro atoms. The molecule has 0 aromatic carbocycles. The van der Waals surface area contributed by atoms with Crippen molar-refractivity contribution in [1.29, 1.82) is 0 Å². The molecule has 0 aliphatic carbocycles. The molecule has 750 valence electrons. The van der Waals surface area contributed by atoms with Gasteiger partial charge < -0.3 is 52.4 Å². The second kappa shape index (κ2) is 88.3. The van der Waals surface area contributed by atoms with Crippen molar-refractivity contribution in [3.8, 4) is 0 Å². The van der Waals surface area contributed by atoms with Crippen LogP contribution in [-0.2, 0) is 90.6 Å². The van der Waals surface area contributed by atoms with Gasteiger partial charge in [0.15, 0.2) is 0 Å². The van der Waals surface area contributed by atoms with Gasteiger partial charge in [-0.2, -0.15) is 0 Å². The van der Waals surface area contributed by atoms with E-state index in [9.17, 15) is 47.9 Å². The highest BCUT2D eigenvalue weighted by Gasteiger charge is 2.38. The van der Waals surface area contributed by atoms with Crippen molar-refractivity contribution in [2.45, 2.75) is 568 Å². The smallest absolute Gasteiger partial charge is 0.306 e. The summed E-state index contributed by atoms with van der Waals surface area (Å²) in [4.78, 5) is 141. The van der Waals surface area contributed by atoms with Crippen molar-refractivity contribution in [1.82, 2.24) is 9.80 Å². The van der Waals surface area contributed by atoms with Gasteiger partial charge in [0.25, 0.3) is 0 Å². The van der Waals surface area contributed by atoms with Gasteiger partial charge in [-0.1, -0.05) is 313 Å². The number of rotatable bonds is 95. The van der Waals surface area contributed by atoms with E-state index in [2.05, 4.69) is 74.1 Å². The molecule has 0 bridgehead atoms. The molecule has 0 heterocycles. The summed E-state index contributed by atoms with van der Waals surface area (Å²) in [6, 6.07) is 0. The van der Waals surface area contributed by atoms with E-state index in [-0.39, 0.29) is 93.8 Å². The number of ether oxygens (including phenoxy) is 9. The first-order chi connectivity index (χ1) is 62.1. The van der Waals surface area contributed by atoms with Crippen LogP contribution in [0, 0.1) is 5.41 Å². The van der Waals surface area contributed by atoms with Crippen molar-refractivity contribution in [2.75, 3.05) is 53.6 Å². The average molecular weight is 1820 g/mol. The van der Waals surface area contributed by atoms with Gasteiger partial charge in [0, 0.05) is 77.3 Å². The molecule has 0 aromatic rings. The molecule has 0 aliphatic rings. The zero-order valence-electron chi connectivity index (χ0n) is 84.8. The highest BCUT2D eigenvalue weighted by Crippen LogP contribution is 2.31. The Bertz CT molecular complexity index is 2450. The fourth-order valence-corrected chi connectivity index (χ4v) is 16.5. The number of amides is 1. The first-order valence-corrected chi connectivity index (χ1v) is 53.7. The van der Waals surface area contributed by atoms with Crippen LogP contribution in [0.2, 0.25) is 0 Å². The van der Waals surface area contributed by atoms with E-state index in [1.54, 1.807) is 0 Å². The minimum absolute atomic E-state index is 0.00610. The van der Waals surface area contributed by atoms with Crippen molar-refractivity contribution in [3.63, 3.8) is 0 Å². The number of hydrogen-bond acceptors (Lipinski definition) is 20. The average Bonchev–Trinajstić information content (AvgIpc) is 0.845. The minimum atomic E-state index is -1.24. The number of hydrogen-bond donors (Lipinski definition) is 0. The van der Waals surface area contributed by atoms with Gasteiger partial charge in [0.1, 0.15) is 56.4 Å². The maximum atomic E-state index is 14.3. The largest absolute Gasteiger partial charge is 0.465 e. The summed E-state index contributed by atoms with van der Waals surface area (Å²) in [5.41, 5.74) is -1.24. The van der Waals surface area contributed by atoms with Crippen LogP contribution >= 0.6 is 0 Å². The molecule has 0 radical (unpaired) electrons. The Morgan fingerprint density at radius 2 is 0.383 bits per heavy atom. The maximum Gasteiger partial charge on any atom is 0.306 e. The first kappa shape index (κ1) is 123. The Labute approximate surface area is 783 Å². The van der Waals surface area contributed by atoms with Crippen LogP contribution in [0.3, 0.4) is 0 Å². The van der Waals surface area contributed by atoms with Crippen LogP contribution in [0.4, 0.5) is 0 Å². The molecule has 128 heavy (non-hydrogen) atoms. The number of esters is 9. The first-order valence-electron chi connectivity index (χ1n) is 53.7. The third-order valence-corrected chi connectivity index (χ3v) is 24.9. The summed E-state index contributed by atoms with van der Waals surface area (Å²) in [5.74, 6) is -2.81. The molecule has 0 saturated carbocycles. The van der Waals surface area contributed by atoms with Gasteiger partial charge in [0.2, 0.25) is 5.91 Å². The van der Waals surface area contributed by atoms with Crippen LogP contribution in [-0.4, -0.2) is 160 Å². The highest BCUT2D eigenvalue weighted by atomic mass is 16.6. The molecule has 0 aromatic heterocycles. The standard InChI is InChI=1S/C107H198N2O19/c1-13-23-33-36-42-58-68-91(123-101(114)78-52-27-17-5)94(126-104(117)81-55-30-20-8)71-61-45-39-48-64-75-98(111)120-88-107(84-87-109(86-67-85-108(11)12)97(110)74-51-26-16-4,89-121-99(112)76-65-49-40-46-62-72-95(127-105(118)82-56-31-21-9)92(69-59-43-37-34-24-14-2)124-102(115)79-53-28-18-6)90-122-100(113)77-66-50-41-47-63-73-96(128-106(119)83-57-32-22-10)93(70-60-44-38-35-25-15-3)125-103(116)80-54-29-19-7/h91-96H,13-90H2,1-12H3/t91-,92-,93-,94+,95+,96+/m1/s1. The van der Waals surface area contributed by atoms with E-state index in [0.29, 0.717) is 116 Å². The molecule has 0 saturated heterocycles. The zero-order valence-corrected chi connectivity index (χ0v) is 84.8. The van der Waals surface area contributed by atoms with E-state index < -0.39 is 59.9 Å². The molecular formula is C107H198N2O19. The van der Waals surface area contributed by atoms with Gasteiger partial charge in [-0.15, -0.1) is 0 Å². The van der Waals surface area contributed by atoms with E-state index >= 15 is 0 Å². The fourth-order valence-electron chi connectivity index (χ4n) is 16.5. The van der Waals surface area contributed by atoms with Gasteiger partial charge in [0.05, 0.1) is 5.41 Å². The fraction of sp³-hybridized carbons (Fsp3) is 0.907. The van der Waals surface area contributed by atoms with Gasteiger partial charge >= 0.3 is 53.7 Å². The van der Waals surface area contributed by atoms with Gasteiger partial charge in [-0.05, 0) is 175 Å². The van der Waals surface area contributed by atoms with E-state index in [4.69, 9.17) is 42.6 Å². The van der Waals surface area contributed by atoms with E-state index in [1.807, 2.05) is 19.0 Å². The van der Waals surface area contributed by atoms with Crippen molar-refractivity contribution >= 4 is 59.6 Å². The molecule has 0 unspecified atom stereocenters. The summed E-state index contributed by atoms with van der Waals surface area (Å²) >= 11 is 0. The lowest BCUT2D eigenvalue weighted by Crippen LogP contribution is -2.44. The van der Waals surface area contributed by atoms with Gasteiger partial charge in [-0.3, -0.25) is 47.9 Å². The van der Waals surface area contributed by atoms with Crippen LogP contribution in [0.15, 0.2) is 0 Å². The van der Waals surface area contributed by atoms with Crippen LogP contribution in [0.5, 0.6) is 0 Å². The number of carbonyl (C=O) groups is 10. The predicted octanol–water partition coefficient (Wildman–Crippen LogP) is 27.7. The second-order valence-corrected chi connectivity index (χ2v) is 37.7. The lowest BCUT2D eigenvalue weighted by atomic mass is 9.86. The van der Waals surface area contributed by atoms with Crippen molar-refractivity contribution < 1.29 is 90.6 Å². The molecular weight excluding hydrogens is 1620 g/mol. The van der Waals surface area contributed by atoms with E-state index in [1.165, 1.54) is 19.3 Å². The Morgan fingerprint density at radius 3 is 0.602 bits per heavy atom. The molecule has 21 heteroatoms. The summed E-state index contributed by atoms with van der Waals surface area (Å²) < 4.78 is 56.2. The monoisotopic (exact) mass is 1820 g/mol. The van der Waals surface area contributed by atoms with Gasteiger partial charge in [-0.25, -0.2) is 0 Å². The van der Waals surface area contributed by atoms with Crippen LogP contribution < -0.4 is 0 Å². The Balaban J connectivity index is 7.26. The topological polar surface area (TPSA) is 260 Å². The molecule has 21 nitrogen and oxygen atoms in total. The van der Waals surface area contributed by atoms with Crippen LogP contribution in [0.25, 0.3) is 0 Å². The predicted molar refractivity (Wildman–Crippen MR) is 519 cm³/mol. The summed E-state index contributed by atoms with van der Waals surface area (Å²) in [7, 11) is 4.00. The number of nitrogens with zero attached hydrogens (tertiary/aromatic N) is 2. The van der Waals surface area contributed by atoms with Crippen molar-refractivity contribution in [3.05, 3.63) is 0 Å². The van der Waals surface area contributed by atoms with Crippen LogP contribution in [0.1, 0.15) is 532 Å². The molecule has 0 fully saturated rings. The second-order valence-electron chi connectivity index (χ2n) is 37.7. The zero-order chi connectivity index (χ0) is 94.4. The lowest BCUT2D eigenvalue weighted by molar-refractivity contribution is -0.169. The summed E-state index contributed by atoms with van der Waals surface area (Å²) in [6.45, 7) is 22.1. The third-order valence-electron chi connectivity index (χ3n) is 24.9. The Kier molecular flexibility index (Phi) is 84.6. The Morgan fingerprint density at radius 1 is 0.203 bits per heavy atom. The quantitative estimate of drug-likeness (QED) is 0.0311. The normalized spacial score (nSPS) is 13.0. The summed E-state index contributed by atoms with van der Waals surface area (Å²) in [5, 5.41) is 0. The highest BCUT2D eigenvalue weighted by molar-refractivity contribution is 5.76. The molecule has 1 amide bonds. The number of unbranched alkanes of at least 4 members (excludes halogenated alkanes) is 41. The third kappa shape index (κ3) is 73.2. The lowest BCUT2D eigenvalue weighted by Gasteiger charge is -2.35. The van der Waals surface area contributed by atoms with E-state index in [0.717, 1.165) is 315 Å². The maximum absolute atomic E-state index is 14.3. The van der Waals surface area contributed by atoms with Crippen molar-refractivity contribution in [2.24, 2.45) is 5.41 Å². The minimum Gasteiger partial charge on any atom is -0.465 e. The Hall–Kier alpha value is -5.34. The molecule has 0 rings (SSSR count). The molecule has 0 aliphatic heterocycles. The number of carbonyl (C=O) groups excluding carboxylic acids is 10. The molecule has 6 atom stereocenters. The molecule has 0 N–H and O–H groups in total. The SMILES string of the molecule is CCCCCCCC[C@@H](OC(=O)CCCCC)[C@H](CCCCCCCC(=O)OCC(CCN(CCCN(C)C)C(=O)CCCCC)(COC(=O)CCCCCCC[C@H](OC(=O)CCCCC)[C@@H](CCCCCCCC)OC(=O)CCCCC)COC(=O)CCCCCCC[C@H](OC(=O)CCCCC)[C@@H](CCCCCCCC)OC(=O)CCCCC)OC(=O)CCCCC. The summed E-state index contributed by atoms with van der Waals surface area (Å²) in [6.07, 6.45) is 53.0.